The second-order valence-corrected chi connectivity index (χ2v) is 8.06. The van der Waals surface area contributed by atoms with Crippen LogP contribution in [0.5, 0.6) is 0 Å². The molecule has 2 N–H and O–H groups in total. The van der Waals surface area contributed by atoms with Gasteiger partial charge in [0.2, 0.25) is 10.0 Å². The number of benzene rings is 1. The molecule has 0 amide bonds. The monoisotopic (exact) mass is 380 g/mol. The number of piperidine rings is 1. The molecule has 1 aromatic rings. The predicted octanol–water partition coefficient (Wildman–Crippen LogP) is 3.38. The van der Waals surface area contributed by atoms with Crippen LogP contribution in [0.25, 0.3) is 0 Å². The largest absolute Gasteiger partial charge is 0.316 e. The molecule has 1 saturated heterocycles. The molecule has 0 aromatic heterocycles. The Balaban J connectivity index is 0.00000264. The number of nitrogens with one attached hydrogen (secondary N) is 2. The number of aryl methyl sites for hydroxylation is 1. The zero-order chi connectivity index (χ0) is 16.0. The van der Waals surface area contributed by atoms with E-state index in [4.69, 9.17) is 11.6 Å². The summed E-state index contributed by atoms with van der Waals surface area (Å²) in [7, 11) is -3.53. The maximum absolute atomic E-state index is 12.4. The van der Waals surface area contributed by atoms with Crippen molar-refractivity contribution in [2.45, 2.75) is 43.9 Å². The highest BCUT2D eigenvalue weighted by Gasteiger charge is 2.19. The van der Waals surface area contributed by atoms with Gasteiger partial charge in [0.1, 0.15) is 4.90 Å². The van der Waals surface area contributed by atoms with Gasteiger partial charge >= 0.3 is 0 Å². The van der Waals surface area contributed by atoms with Crippen molar-refractivity contribution in [2.75, 3.05) is 19.6 Å². The molecule has 1 atom stereocenters. The van der Waals surface area contributed by atoms with Crippen LogP contribution in [-0.4, -0.2) is 28.1 Å². The van der Waals surface area contributed by atoms with E-state index in [2.05, 4.69) is 17.0 Å². The molecule has 7 heteroatoms. The van der Waals surface area contributed by atoms with Gasteiger partial charge in [-0.05, 0) is 62.4 Å². The Hall–Kier alpha value is -0.330. The molecule has 2 rings (SSSR count). The molecular weight excluding hydrogens is 355 g/mol. The van der Waals surface area contributed by atoms with Crippen molar-refractivity contribution in [2.24, 2.45) is 5.92 Å². The summed E-state index contributed by atoms with van der Waals surface area (Å²) >= 11 is 6.08. The Labute approximate surface area is 150 Å². The minimum Gasteiger partial charge on any atom is -0.316 e. The molecule has 1 fully saturated rings. The molecule has 1 heterocycles. The van der Waals surface area contributed by atoms with E-state index in [1.807, 2.05) is 6.07 Å². The zero-order valence-electron chi connectivity index (χ0n) is 13.5. The number of hydrogen-bond acceptors (Lipinski definition) is 3. The first-order valence-electron chi connectivity index (χ1n) is 8.01. The van der Waals surface area contributed by atoms with E-state index >= 15 is 0 Å². The number of halogens is 2. The normalized spacial score (nSPS) is 18.4. The van der Waals surface area contributed by atoms with Crippen LogP contribution in [0.2, 0.25) is 5.02 Å². The number of sulfonamides is 1. The number of rotatable bonds is 7. The second kappa shape index (κ2) is 9.84. The molecule has 0 saturated carbocycles. The van der Waals surface area contributed by atoms with Gasteiger partial charge in [0.25, 0.3) is 0 Å². The Kier molecular flexibility index (Phi) is 8.86. The fraction of sp³-hybridized carbons (Fsp3) is 0.625. The smallest absolute Gasteiger partial charge is 0.242 e. The van der Waals surface area contributed by atoms with Crippen molar-refractivity contribution >= 4 is 34.0 Å². The van der Waals surface area contributed by atoms with Gasteiger partial charge in [0.05, 0.1) is 5.02 Å². The fourth-order valence-corrected chi connectivity index (χ4v) is 4.44. The van der Waals surface area contributed by atoms with E-state index in [-0.39, 0.29) is 22.3 Å². The molecule has 0 spiro atoms. The SMILES string of the molecule is CCCc1ccc(Cl)c(S(=O)(=O)NCCC2CCCNC2)c1.Cl. The average Bonchev–Trinajstić information content (AvgIpc) is 2.50. The van der Waals surface area contributed by atoms with Crippen molar-refractivity contribution in [1.29, 1.82) is 0 Å². The lowest BCUT2D eigenvalue weighted by molar-refractivity contribution is 0.358. The first kappa shape index (κ1) is 20.7. The van der Waals surface area contributed by atoms with Crippen LogP contribution in [-0.2, 0) is 16.4 Å². The third-order valence-electron chi connectivity index (χ3n) is 4.07. The highest BCUT2D eigenvalue weighted by atomic mass is 35.5. The van der Waals surface area contributed by atoms with Crippen LogP contribution in [0.4, 0.5) is 0 Å². The lowest BCUT2D eigenvalue weighted by atomic mass is 9.96. The van der Waals surface area contributed by atoms with Gasteiger partial charge in [-0.15, -0.1) is 12.4 Å². The van der Waals surface area contributed by atoms with Gasteiger partial charge < -0.3 is 5.32 Å². The Morgan fingerprint density at radius 3 is 2.83 bits per heavy atom. The standard InChI is InChI=1S/C16H25ClN2O2S.ClH/c1-2-4-13-6-7-15(17)16(11-13)22(20,21)19-10-8-14-5-3-9-18-12-14;/h6-7,11,14,18-19H,2-5,8-10,12H2,1H3;1H. The molecule has 0 aliphatic carbocycles. The molecule has 1 aliphatic rings. The van der Waals surface area contributed by atoms with E-state index in [0.29, 0.717) is 12.5 Å². The van der Waals surface area contributed by atoms with Gasteiger partial charge in [0.15, 0.2) is 0 Å². The van der Waals surface area contributed by atoms with Gasteiger partial charge in [-0.1, -0.05) is 31.0 Å². The van der Waals surface area contributed by atoms with Crippen LogP contribution in [0.15, 0.2) is 23.1 Å². The summed E-state index contributed by atoms with van der Waals surface area (Å²) in [6.45, 7) is 4.58. The molecule has 0 radical (unpaired) electrons. The van der Waals surface area contributed by atoms with E-state index in [1.165, 1.54) is 12.8 Å². The molecule has 132 valence electrons. The lowest BCUT2D eigenvalue weighted by Gasteiger charge is -2.22. The van der Waals surface area contributed by atoms with Crippen molar-refractivity contribution in [1.82, 2.24) is 10.0 Å². The van der Waals surface area contributed by atoms with Gasteiger partial charge in [-0.25, -0.2) is 13.1 Å². The number of hydrogen-bond donors (Lipinski definition) is 2. The van der Waals surface area contributed by atoms with E-state index < -0.39 is 10.0 Å². The molecule has 1 aromatic carbocycles. The molecular formula is C16H26Cl2N2O2S. The quantitative estimate of drug-likeness (QED) is 0.761. The maximum atomic E-state index is 12.4. The predicted molar refractivity (Wildman–Crippen MR) is 98.1 cm³/mol. The average molecular weight is 381 g/mol. The summed E-state index contributed by atoms with van der Waals surface area (Å²) in [5.41, 5.74) is 1.00. The minimum absolute atomic E-state index is 0. The van der Waals surface area contributed by atoms with Crippen LogP contribution >= 0.6 is 24.0 Å². The molecule has 0 bridgehead atoms. The third-order valence-corrected chi connectivity index (χ3v) is 6.01. The van der Waals surface area contributed by atoms with Crippen molar-refractivity contribution in [3.8, 4) is 0 Å². The van der Waals surface area contributed by atoms with Gasteiger partial charge in [0, 0.05) is 6.54 Å². The van der Waals surface area contributed by atoms with E-state index in [9.17, 15) is 8.42 Å². The van der Waals surface area contributed by atoms with Crippen LogP contribution in [0.1, 0.15) is 38.2 Å². The first-order chi connectivity index (χ1) is 10.5. The highest BCUT2D eigenvalue weighted by molar-refractivity contribution is 7.89. The summed E-state index contributed by atoms with van der Waals surface area (Å²) in [4.78, 5) is 0.196. The molecule has 1 unspecified atom stereocenters. The second-order valence-electron chi connectivity index (χ2n) is 5.91. The van der Waals surface area contributed by atoms with Gasteiger partial charge in [-0.2, -0.15) is 0 Å². The fourth-order valence-electron chi connectivity index (χ4n) is 2.84. The summed E-state index contributed by atoms with van der Waals surface area (Å²) < 4.78 is 27.6. The topological polar surface area (TPSA) is 58.2 Å². The zero-order valence-corrected chi connectivity index (χ0v) is 15.9. The summed E-state index contributed by atoms with van der Waals surface area (Å²) in [5.74, 6) is 0.554. The van der Waals surface area contributed by atoms with Crippen molar-refractivity contribution in [3.05, 3.63) is 28.8 Å². The lowest BCUT2D eigenvalue weighted by Crippen LogP contribution is -2.33. The van der Waals surface area contributed by atoms with Crippen LogP contribution in [0.3, 0.4) is 0 Å². The Morgan fingerprint density at radius 2 is 2.17 bits per heavy atom. The Morgan fingerprint density at radius 1 is 1.39 bits per heavy atom. The third kappa shape index (κ3) is 6.24. The van der Waals surface area contributed by atoms with E-state index in [0.717, 1.165) is 37.9 Å². The highest BCUT2D eigenvalue weighted by Crippen LogP contribution is 2.23. The van der Waals surface area contributed by atoms with Crippen LogP contribution in [0, 0.1) is 5.92 Å². The molecule has 4 nitrogen and oxygen atoms in total. The molecule has 1 aliphatic heterocycles. The summed E-state index contributed by atoms with van der Waals surface area (Å²) in [6.07, 6.45) is 5.03. The summed E-state index contributed by atoms with van der Waals surface area (Å²) in [6, 6.07) is 5.25. The van der Waals surface area contributed by atoms with E-state index in [1.54, 1.807) is 12.1 Å². The van der Waals surface area contributed by atoms with Gasteiger partial charge in [-0.3, -0.25) is 0 Å². The molecule has 23 heavy (non-hydrogen) atoms. The maximum Gasteiger partial charge on any atom is 0.242 e. The summed E-state index contributed by atoms with van der Waals surface area (Å²) in [5, 5.41) is 3.63. The first-order valence-corrected chi connectivity index (χ1v) is 9.88. The van der Waals surface area contributed by atoms with Crippen LogP contribution < -0.4 is 10.0 Å². The minimum atomic E-state index is -3.53. The van der Waals surface area contributed by atoms with Crippen molar-refractivity contribution < 1.29 is 8.42 Å². The Bertz CT molecular complexity index is 588. The van der Waals surface area contributed by atoms with Crippen molar-refractivity contribution in [3.63, 3.8) is 0 Å².